The van der Waals surface area contributed by atoms with E-state index in [4.69, 9.17) is 0 Å². The van der Waals surface area contributed by atoms with Gasteiger partial charge in [0.1, 0.15) is 5.82 Å². The first kappa shape index (κ1) is 20.3. The van der Waals surface area contributed by atoms with Crippen LogP contribution in [0.2, 0.25) is 0 Å². The van der Waals surface area contributed by atoms with Crippen molar-refractivity contribution >= 4 is 16.9 Å². The van der Waals surface area contributed by atoms with Gasteiger partial charge in [-0.1, -0.05) is 42.2 Å². The second kappa shape index (κ2) is 8.80. The average Bonchev–Trinajstić information content (AvgIpc) is 3.19. The number of hydrogen-bond donors (Lipinski definition) is 1. The molecule has 1 unspecified atom stereocenters. The highest BCUT2D eigenvalue weighted by Crippen LogP contribution is 2.26. The number of amides is 1. The van der Waals surface area contributed by atoms with Gasteiger partial charge in [0.2, 0.25) is 0 Å². The zero-order chi connectivity index (χ0) is 21.8. The Hall–Kier alpha value is -3.98. The van der Waals surface area contributed by atoms with E-state index in [1.54, 1.807) is 55.5 Å². The monoisotopic (exact) mass is 415 g/mol. The molecule has 4 rings (SSSR count). The topological polar surface area (TPSA) is 46.9 Å². The van der Waals surface area contributed by atoms with Crippen molar-refractivity contribution in [2.45, 2.75) is 19.5 Å². The van der Waals surface area contributed by atoms with E-state index in [-0.39, 0.29) is 11.7 Å². The summed E-state index contributed by atoms with van der Waals surface area (Å²) >= 11 is 0. The Morgan fingerprint density at radius 3 is 2.19 bits per heavy atom. The molecule has 1 amide bonds. The van der Waals surface area contributed by atoms with Crippen LogP contribution in [0.3, 0.4) is 0 Å². The fourth-order valence-corrected chi connectivity index (χ4v) is 3.29. The molecule has 4 nitrogen and oxygen atoms in total. The van der Waals surface area contributed by atoms with Crippen molar-refractivity contribution in [3.8, 4) is 11.8 Å². The smallest absolute Gasteiger partial charge is 0.320 e. The fourth-order valence-electron chi connectivity index (χ4n) is 3.29. The van der Waals surface area contributed by atoms with E-state index >= 15 is 0 Å². The van der Waals surface area contributed by atoms with Crippen molar-refractivity contribution in [1.29, 1.82) is 0 Å². The number of imidazole rings is 1. The summed E-state index contributed by atoms with van der Waals surface area (Å²) in [6.45, 7) is -1.12. The lowest BCUT2D eigenvalue weighted by Gasteiger charge is -2.16. The van der Waals surface area contributed by atoms with E-state index in [1.807, 2.05) is 30.3 Å². The van der Waals surface area contributed by atoms with Gasteiger partial charge in [0, 0.05) is 16.7 Å². The molecule has 0 spiro atoms. The molecule has 0 bridgehead atoms. The summed E-state index contributed by atoms with van der Waals surface area (Å²) in [4.78, 5) is 16.9. The predicted octanol–water partition coefficient (Wildman–Crippen LogP) is 5.32. The van der Waals surface area contributed by atoms with Crippen molar-refractivity contribution < 1.29 is 13.6 Å². The Bertz CT molecular complexity index is 1270. The minimum Gasteiger partial charge on any atom is -0.342 e. The van der Waals surface area contributed by atoms with Crippen LogP contribution >= 0.6 is 0 Å². The van der Waals surface area contributed by atoms with Crippen LogP contribution in [0.15, 0.2) is 78.9 Å². The maximum Gasteiger partial charge on any atom is 0.320 e. The summed E-state index contributed by atoms with van der Waals surface area (Å²) in [5.41, 5.74) is 2.88. The van der Waals surface area contributed by atoms with E-state index in [1.165, 1.54) is 0 Å². The number of rotatable bonds is 4. The van der Waals surface area contributed by atoms with Crippen LogP contribution in [0.1, 0.15) is 46.8 Å². The largest absolute Gasteiger partial charge is 0.342 e. The summed E-state index contributed by atoms with van der Waals surface area (Å²) in [6, 6.07) is 22.4. The van der Waals surface area contributed by atoms with Crippen LogP contribution in [0.4, 0.5) is 8.78 Å². The first-order chi connectivity index (χ1) is 15.0. The molecular formula is C25H19F2N3O. The highest BCUT2D eigenvalue weighted by molar-refractivity contribution is 5.94. The minimum atomic E-state index is -2.76. The van der Waals surface area contributed by atoms with Gasteiger partial charge in [-0.2, -0.15) is 8.78 Å². The van der Waals surface area contributed by atoms with E-state index in [2.05, 4.69) is 22.1 Å². The summed E-state index contributed by atoms with van der Waals surface area (Å²) in [6.07, 6.45) is 0. The normalized spacial score (nSPS) is 11.7. The Morgan fingerprint density at radius 1 is 0.903 bits per heavy atom. The highest BCUT2D eigenvalue weighted by atomic mass is 19.3. The SMILES string of the molecule is CC(NC(=O)c1ccc(C#Cc2ccccc2)cc1)c1nc2ccccc2n1C(F)F. The molecule has 1 atom stereocenters. The molecule has 31 heavy (non-hydrogen) atoms. The quantitative estimate of drug-likeness (QED) is 0.459. The third-order valence-corrected chi connectivity index (χ3v) is 4.83. The molecule has 0 fully saturated rings. The summed E-state index contributed by atoms with van der Waals surface area (Å²) in [5, 5.41) is 2.75. The standard InChI is InChI=1S/C25H19F2N3O/c1-17(23-29-21-9-5-6-10-22(21)30(23)25(26)27)28-24(31)20-15-13-19(14-16-20)12-11-18-7-3-2-4-8-18/h2-10,13-17,25H,1H3,(H,28,31). The lowest BCUT2D eigenvalue weighted by Crippen LogP contribution is -2.28. The number of nitrogens with zero attached hydrogens (tertiary/aromatic N) is 2. The third kappa shape index (κ3) is 4.46. The summed E-state index contributed by atoms with van der Waals surface area (Å²) in [7, 11) is 0. The number of alkyl halides is 2. The zero-order valence-corrected chi connectivity index (χ0v) is 16.7. The van der Waals surface area contributed by atoms with Crippen LogP contribution in [0.5, 0.6) is 0 Å². The maximum absolute atomic E-state index is 13.6. The van der Waals surface area contributed by atoms with Crippen molar-refractivity contribution in [2.24, 2.45) is 0 Å². The number of fused-ring (bicyclic) bond motifs is 1. The third-order valence-electron chi connectivity index (χ3n) is 4.83. The Labute approximate surface area is 178 Å². The number of para-hydroxylation sites is 2. The lowest BCUT2D eigenvalue weighted by molar-refractivity contribution is 0.0688. The number of carbonyl (C=O) groups excluding carboxylic acids is 1. The molecule has 0 aliphatic carbocycles. The van der Waals surface area contributed by atoms with Gasteiger partial charge in [-0.15, -0.1) is 0 Å². The number of halogens is 2. The molecule has 1 N–H and O–H groups in total. The van der Waals surface area contributed by atoms with Gasteiger partial charge in [0.15, 0.2) is 0 Å². The van der Waals surface area contributed by atoms with Crippen molar-refractivity contribution in [3.05, 3.63) is 101 Å². The Morgan fingerprint density at radius 2 is 1.52 bits per heavy atom. The molecule has 3 aromatic carbocycles. The number of hydrogen-bond acceptors (Lipinski definition) is 2. The highest BCUT2D eigenvalue weighted by Gasteiger charge is 2.23. The zero-order valence-electron chi connectivity index (χ0n) is 16.7. The van der Waals surface area contributed by atoms with Crippen LogP contribution in [-0.2, 0) is 0 Å². The van der Waals surface area contributed by atoms with E-state index < -0.39 is 12.6 Å². The van der Waals surface area contributed by atoms with E-state index in [0.29, 0.717) is 16.6 Å². The molecule has 0 aliphatic heterocycles. The van der Waals surface area contributed by atoms with Crippen LogP contribution < -0.4 is 5.32 Å². The fraction of sp³-hybridized carbons (Fsp3) is 0.120. The molecule has 0 aliphatic rings. The van der Waals surface area contributed by atoms with Crippen molar-refractivity contribution in [2.75, 3.05) is 0 Å². The second-order valence-electron chi connectivity index (χ2n) is 6.99. The molecular weight excluding hydrogens is 396 g/mol. The van der Waals surface area contributed by atoms with Gasteiger partial charge in [-0.3, -0.25) is 9.36 Å². The average molecular weight is 415 g/mol. The predicted molar refractivity (Wildman–Crippen MR) is 116 cm³/mol. The van der Waals surface area contributed by atoms with Gasteiger partial charge in [0.05, 0.1) is 17.1 Å². The summed E-state index contributed by atoms with van der Waals surface area (Å²) in [5.74, 6) is 5.84. The number of aromatic nitrogens is 2. The molecule has 1 aromatic heterocycles. The number of benzene rings is 3. The number of nitrogens with one attached hydrogen (secondary N) is 1. The maximum atomic E-state index is 13.6. The summed E-state index contributed by atoms with van der Waals surface area (Å²) < 4.78 is 28.1. The lowest BCUT2D eigenvalue weighted by atomic mass is 10.1. The van der Waals surface area contributed by atoms with Gasteiger partial charge in [-0.05, 0) is 55.5 Å². The van der Waals surface area contributed by atoms with Gasteiger partial charge < -0.3 is 5.32 Å². The van der Waals surface area contributed by atoms with Crippen molar-refractivity contribution in [1.82, 2.24) is 14.9 Å². The first-order valence-corrected chi connectivity index (χ1v) is 9.76. The number of carbonyl (C=O) groups is 1. The van der Waals surface area contributed by atoms with Crippen LogP contribution in [0, 0.1) is 11.8 Å². The van der Waals surface area contributed by atoms with Gasteiger partial charge in [-0.25, -0.2) is 4.98 Å². The van der Waals surface area contributed by atoms with E-state index in [9.17, 15) is 13.6 Å². The van der Waals surface area contributed by atoms with Crippen LogP contribution in [-0.4, -0.2) is 15.5 Å². The Balaban J connectivity index is 1.50. The molecule has 1 heterocycles. The van der Waals surface area contributed by atoms with Gasteiger partial charge in [0.25, 0.3) is 5.91 Å². The van der Waals surface area contributed by atoms with Crippen molar-refractivity contribution in [3.63, 3.8) is 0 Å². The first-order valence-electron chi connectivity index (χ1n) is 9.76. The van der Waals surface area contributed by atoms with E-state index in [0.717, 1.165) is 15.7 Å². The Kier molecular flexibility index (Phi) is 5.76. The second-order valence-corrected chi connectivity index (χ2v) is 6.99. The molecule has 0 saturated heterocycles. The molecule has 4 aromatic rings. The minimum absolute atomic E-state index is 0.106. The molecule has 154 valence electrons. The van der Waals surface area contributed by atoms with Crippen LogP contribution in [0.25, 0.3) is 11.0 Å². The molecule has 0 saturated carbocycles. The molecule has 0 radical (unpaired) electrons. The van der Waals surface area contributed by atoms with Gasteiger partial charge >= 0.3 is 6.55 Å². The molecule has 6 heteroatoms.